The van der Waals surface area contributed by atoms with Crippen LogP contribution in [0.4, 0.5) is 0 Å². The summed E-state index contributed by atoms with van der Waals surface area (Å²) in [5.74, 6) is -0.353. The summed E-state index contributed by atoms with van der Waals surface area (Å²) in [4.78, 5) is 39.8. The summed E-state index contributed by atoms with van der Waals surface area (Å²) in [6.45, 7) is 4.88. The average molecular weight is 380 g/mol. The van der Waals surface area contributed by atoms with E-state index in [2.05, 4.69) is 10.6 Å². The van der Waals surface area contributed by atoms with Crippen molar-refractivity contribution in [3.8, 4) is 0 Å². The van der Waals surface area contributed by atoms with Crippen molar-refractivity contribution in [1.82, 2.24) is 15.5 Å². The Bertz CT molecular complexity index is 570. The van der Waals surface area contributed by atoms with E-state index in [1.54, 1.807) is 4.90 Å². The van der Waals surface area contributed by atoms with E-state index in [-0.39, 0.29) is 29.9 Å². The molecule has 3 fully saturated rings. The van der Waals surface area contributed by atoms with Crippen LogP contribution in [-0.2, 0) is 19.1 Å². The monoisotopic (exact) mass is 379 g/mol. The van der Waals surface area contributed by atoms with Gasteiger partial charge >= 0.3 is 0 Å². The summed E-state index contributed by atoms with van der Waals surface area (Å²) >= 11 is 0. The SMILES string of the molecule is CC[C@](C)(C(=O)NC1CCCC1)N(C[C@@H]1CCCO1)C(=O)[C@H]1CCC(=O)N1. The van der Waals surface area contributed by atoms with Gasteiger partial charge in [-0.3, -0.25) is 14.4 Å². The van der Waals surface area contributed by atoms with Crippen LogP contribution in [0.15, 0.2) is 0 Å². The number of rotatable bonds is 7. The molecule has 2 heterocycles. The fourth-order valence-electron chi connectivity index (χ4n) is 4.40. The summed E-state index contributed by atoms with van der Waals surface area (Å²) < 4.78 is 5.76. The quantitative estimate of drug-likeness (QED) is 0.702. The third-order valence-corrected chi connectivity index (χ3v) is 6.43. The summed E-state index contributed by atoms with van der Waals surface area (Å²) in [5, 5.41) is 5.93. The van der Waals surface area contributed by atoms with Gasteiger partial charge in [0.25, 0.3) is 0 Å². The minimum Gasteiger partial charge on any atom is -0.376 e. The molecule has 1 aliphatic carbocycles. The fourth-order valence-corrected chi connectivity index (χ4v) is 4.40. The topological polar surface area (TPSA) is 87.7 Å². The summed E-state index contributed by atoms with van der Waals surface area (Å²) in [5.41, 5.74) is -0.945. The van der Waals surface area contributed by atoms with E-state index in [4.69, 9.17) is 4.74 Å². The Labute approximate surface area is 161 Å². The Kier molecular flexibility index (Phi) is 6.40. The first-order valence-electron chi connectivity index (χ1n) is 10.5. The molecule has 2 N–H and O–H groups in total. The molecule has 0 aromatic rings. The standard InChI is InChI=1S/C20H33N3O4/c1-3-20(2,19(26)21-14-7-4-5-8-14)23(13-15-9-6-12-27-15)18(25)16-10-11-17(24)22-16/h14-16H,3-13H2,1-2H3,(H,21,26)(H,22,24)/t15-,16+,20+/m0/s1. The summed E-state index contributed by atoms with van der Waals surface area (Å²) in [6.07, 6.45) is 7.48. The molecule has 3 amide bonds. The Balaban J connectivity index is 1.79. The highest BCUT2D eigenvalue weighted by Gasteiger charge is 2.45. The lowest BCUT2D eigenvalue weighted by Crippen LogP contribution is -2.63. The Morgan fingerprint density at radius 1 is 1.22 bits per heavy atom. The average Bonchev–Trinajstić information content (AvgIpc) is 3.41. The van der Waals surface area contributed by atoms with Gasteiger partial charge in [0.05, 0.1) is 6.10 Å². The van der Waals surface area contributed by atoms with E-state index in [1.807, 2.05) is 13.8 Å². The van der Waals surface area contributed by atoms with Crippen molar-refractivity contribution < 1.29 is 19.1 Å². The molecule has 7 heteroatoms. The van der Waals surface area contributed by atoms with Crippen molar-refractivity contribution in [2.24, 2.45) is 0 Å². The molecule has 0 unspecified atom stereocenters. The van der Waals surface area contributed by atoms with Crippen molar-refractivity contribution in [1.29, 1.82) is 0 Å². The number of hydrogen-bond donors (Lipinski definition) is 2. The maximum Gasteiger partial charge on any atom is 0.246 e. The minimum absolute atomic E-state index is 0.0452. The molecule has 3 rings (SSSR count). The molecular formula is C20H33N3O4. The van der Waals surface area contributed by atoms with Gasteiger partial charge in [-0.25, -0.2) is 0 Å². The molecule has 7 nitrogen and oxygen atoms in total. The molecule has 3 aliphatic rings. The van der Waals surface area contributed by atoms with E-state index in [1.165, 1.54) is 0 Å². The third kappa shape index (κ3) is 4.45. The summed E-state index contributed by atoms with van der Waals surface area (Å²) in [6, 6.07) is -0.335. The molecule has 0 bridgehead atoms. The van der Waals surface area contributed by atoms with Gasteiger partial charge in [-0.15, -0.1) is 0 Å². The maximum atomic E-state index is 13.3. The van der Waals surface area contributed by atoms with Gasteiger partial charge < -0.3 is 20.3 Å². The van der Waals surface area contributed by atoms with Crippen molar-refractivity contribution in [2.75, 3.05) is 13.2 Å². The largest absolute Gasteiger partial charge is 0.376 e. The number of hydrogen-bond acceptors (Lipinski definition) is 4. The number of carbonyl (C=O) groups is 3. The lowest BCUT2D eigenvalue weighted by Gasteiger charge is -2.42. The molecule has 152 valence electrons. The van der Waals surface area contributed by atoms with Gasteiger partial charge in [-0.1, -0.05) is 19.8 Å². The second-order valence-corrected chi connectivity index (χ2v) is 8.32. The van der Waals surface area contributed by atoms with Crippen LogP contribution in [0.3, 0.4) is 0 Å². The van der Waals surface area contributed by atoms with Gasteiger partial charge in [0, 0.05) is 25.6 Å². The van der Waals surface area contributed by atoms with Gasteiger partial charge in [-0.2, -0.15) is 0 Å². The van der Waals surface area contributed by atoms with Gasteiger partial charge in [-0.05, 0) is 45.4 Å². The van der Waals surface area contributed by atoms with Crippen LogP contribution >= 0.6 is 0 Å². The van der Waals surface area contributed by atoms with E-state index in [0.29, 0.717) is 32.4 Å². The Morgan fingerprint density at radius 2 is 1.96 bits per heavy atom. The van der Waals surface area contributed by atoms with Crippen molar-refractivity contribution in [2.45, 2.75) is 95.4 Å². The lowest BCUT2D eigenvalue weighted by atomic mass is 9.92. The maximum absolute atomic E-state index is 13.3. The number of nitrogens with one attached hydrogen (secondary N) is 2. The zero-order valence-corrected chi connectivity index (χ0v) is 16.6. The highest BCUT2D eigenvalue weighted by atomic mass is 16.5. The van der Waals surface area contributed by atoms with Crippen molar-refractivity contribution >= 4 is 17.7 Å². The number of carbonyl (C=O) groups excluding carboxylic acids is 3. The first-order valence-corrected chi connectivity index (χ1v) is 10.5. The Hall–Kier alpha value is -1.63. The van der Waals surface area contributed by atoms with Crippen LogP contribution in [-0.4, -0.2) is 59.5 Å². The lowest BCUT2D eigenvalue weighted by molar-refractivity contribution is -0.151. The predicted octanol–water partition coefficient (Wildman–Crippen LogP) is 1.50. The first-order chi connectivity index (χ1) is 12.9. The van der Waals surface area contributed by atoms with Crippen LogP contribution in [0.2, 0.25) is 0 Å². The first kappa shape index (κ1) is 20.1. The molecular weight excluding hydrogens is 346 g/mol. The number of amides is 3. The Morgan fingerprint density at radius 3 is 2.52 bits per heavy atom. The molecule has 0 spiro atoms. The van der Waals surface area contributed by atoms with E-state index >= 15 is 0 Å². The molecule has 2 saturated heterocycles. The summed E-state index contributed by atoms with van der Waals surface area (Å²) in [7, 11) is 0. The zero-order valence-electron chi connectivity index (χ0n) is 16.6. The second-order valence-electron chi connectivity index (χ2n) is 8.32. The number of ether oxygens (including phenoxy) is 1. The fraction of sp³-hybridized carbons (Fsp3) is 0.850. The van der Waals surface area contributed by atoms with Gasteiger partial charge in [0.1, 0.15) is 11.6 Å². The second kappa shape index (κ2) is 8.59. The molecule has 0 radical (unpaired) electrons. The molecule has 2 aliphatic heterocycles. The molecule has 1 saturated carbocycles. The third-order valence-electron chi connectivity index (χ3n) is 6.43. The van der Waals surface area contributed by atoms with Crippen LogP contribution in [0.25, 0.3) is 0 Å². The van der Waals surface area contributed by atoms with E-state index in [9.17, 15) is 14.4 Å². The molecule has 27 heavy (non-hydrogen) atoms. The molecule has 0 aromatic carbocycles. The van der Waals surface area contributed by atoms with E-state index in [0.717, 1.165) is 38.5 Å². The smallest absolute Gasteiger partial charge is 0.246 e. The molecule has 3 atom stereocenters. The normalized spacial score (nSPS) is 28.0. The van der Waals surface area contributed by atoms with Crippen LogP contribution in [0.1, 0.15) is 71.6 Å². The van der Waals surface area contributed by atoms with Gasteiger partial charge in [0.2, 0.25) is 17.7 Å². The molecule has 0 aromatic heterocycles. The minimum atomic E-state index is -0.945. The number of nitrogens with zero attached hydrogens (tertiary/aromatic N) is 1. The van der Waals surface area contributed by atoms with E-state index < -0.39 is 11.6 Å². The van der Waals surface area contributed by atoms with Crippen LogP contribution < -0.4 is 10.6 Å². The zero-order chi connectivity index (χ0) is 19.4. The highest BCUT2D eigenvalue weighted by Crippen LogP contribution is 2.27. The van der Waals surface area contributed by atoms with Gasteiger partial charge in [0.15, 0.2) is 0 Å². The predicted molar refractivity (Wildman–Crippen MR) is 101 cm³/mol. The van der Waals surface area contributed by atoms with Crippen molar-refractivity contribution in [3.63, 3.8) is 0 Å². The highest BCUT2D eigenvalue weighted by molar-refractivity contribution is 5.96. The van der Waals surface area contributed by atoms with Crippen LogP contribution in [0.5, 0.6) is 0 Å². The van der Waals surface area contributed by atoms with Crippen LogP contribution in [0, 0.1) is 0 Å². The van der Waals surface area contributed by atoms with Crippen molar-refractivity contribution in [3.05, 3.63) is 0 Å².